The fourth-order valence-corrected chi connectivity index (χ4v) is 3.12. The number of H-pyrrole nitrogens is 1. The van der Waals surface area contributed by atoms with E-state index < -0.39 is 16.0 Å². The van der Waals surface area contributed by atoms with Crippen LogP contribution in [0.5, 0.6) is 0 Å². The zero-order chi connectivity index (χ0) is 19.5. The number of methoxy groups -OCH3 is 1. The van der Waals surface area contributed by atoms with Crippen molar-refractivity contribution >= 4 is 27.6 Å². The Morgan fingerprint density at radius 1 is 1.15 bits per heavy atom. The minimum atomic E-state index is -3.33. The van der Waals surface area contributed by atoms with Gasteiger partial charge in [0.15, 0.2) is 0 Å². The number of carbonyl (C=O) groups excluding carboxylic acids is 2. The zero-order valence-corrected chi connectivity index (χ0v) is 15.8. The summed E-state index contributed by atoms with van der Waals surface area (Å²) in [4.78, 5) is 27.1. The molecule has 0 aliphatic heterocycles. The highest BCUT2D eigenvalue weighted by Crippen LogP contribution is 2.19. The van der Waals surface area contributed by atoms with Crippen LogP contribution in [0.1, 0.15) is 37.7 Å². The predicted octanol–water partition coefficient (Wildman–Crippen LogP) is 1.72. The number of esters is 1. The third-order valence-electron chi connectivity index (χ3n) is 3.76. The minimum Gasteiger partial charge on any atom is -0.465 e. The Balaban J connectivity index is 2.06. The van der Waals surface area contributed by atoms with Crippen molar-refractivity contribution < 1.29 is 22.7 Å². The van der Waals surface area contributed by atoms with Crippen LogP contribution < -0.4 is 10.0 Å². The second kappa shape index (κ2) is 7.61. The highest BCUT2D eigenvalue weighted by atomic mass is 32.2. The normalized spacial score (nSPS) is 11.1. The van der Waals surface area contributed by atoms with Crippen molar-refractivity contribution in [1.29, 1.82) is 0 Å². The number of aromatic nitrogens is 1. The summed E-state index contributed by atoms with van der Waals surface area (Å²) < 4.78 is 29.5. The van der Waals surface area contributed by atoms with Crippen LogP contribution in [0.2, 0.25) is 0 Å². The van der Waals surface area contributed by atoms with Crippen LogP contribution in [0.15, 0.2) is 24.3 Å². The van der Waals surface area contributed by atoms with E-state index in [1.165, 1.54) is 7.11 Å². The lowest BCUT2D eigenvalue weighted by atomic mass is 10.1. The predicted molar refractivity (Wildman–Crippen MR) is 97.7 cm³/mol. The lowest BCUT2D eigenvalue weighted by Gasteiger charge is -2.07. The molecule has 26 heavy (non-hydrogen) atoms. The number of aryl methyl sites for hydroxylation is 1. The third kappa shape index (κ3) is 4.63. The van der Waals surface area contributed by atoms with E-state index in [0.717, 1.165) is 11.8 Å². The van der Waals surface area contributed by atoms with Crippen molar-refractivity contribution in [2.75, 3.05) is 18.1 Å². The molecule has 0 atom stereocenters. The molecule has 2 rings (SSSR count). The Morgan fingerprint density at radius 2 is 1.77 bits per heavy atom. The van der Waals surface area contributed by atoms with E-state index in [0.29, 0.717) is 28.2 Å². The molecule has 1 aromatic carbocycles. The molecule has 3 N–H and O–H groups in total. The van der Waals surface area contributed by atoms with Crippen molar-refractivity contribution in [2.45, 2.75) is 20.4 Å². The van der Waals surface area contributed by atoms with Gasteiger partial charge < -0.3 is 15.0 Å². The van der Waals surface area contributed by atoms with Crippen LogP contribution in [0.25, 0.3) is 0 Å². The molecule has 9 heteroatoms. The number of sulfonamides is 1. The van der Waals surface area contributed by atoms with E-state index in [4.69, 9.17) is 4.74 Å². The summed E-state index contributed by atoms with van der Waals surface area (Å²) >= 11 is 0. The van der Waals surface area contributed by atoms with Gasteiger partial charge in [0.1, 0.15) is 5.69 Å². The smallest absolute Gasteiger partial charge is 0.339 e. The first-order chi connectivity index (χ1) is 12.1. The van der Waals surface area contributed by atoms with Crippen molar-refractivity contribution in [3.8, 4) is 0 Å². The maximum absolute atomic E-state index is 12.4. The Labute approximate surface area is 152 Å². The summed E-state index contributed by atoms with van der Waals surface area (Å²) in [5.41, 5.74) is 3.00. The number of nitrogens with one attached hydrogen (secondary N) is 3. The molecule has 1 heterocycles. The van der Waals surface area contributed by atoms with Crippen molar-refractivity contribution in [1.82, 2.24) is 10.3 Å². The molecule has 0 spiro atoms. The van der Waals surface area contributed by atoms with Crippen LogP contribution in [0, 0.1) is 13.8 Å². The molecule has 0 saturated heterocycles. The van der Waals surface area contributed by atoms with E-state index in [9.17, 15) is 18.0 Å². The topological polar surface area (TPSA) is 117 Å². The second-order valence-electron chi connectivity index (χ2n) is 5.87. The molecule has 140 valence electrons. The molecule has 0 unspecified atom stereocenters. The molecule has 8 nitrogen and oxygen atoms in total. The molecule has 2 aromatic rings. The van der Waals surface area contributed by atoms with Crippen LogP contribution in [0.3, 0.4) is 0 Å². The number of amides is 1. The van der Waals surface area contributed by atoms with Gasteiger partial charge in [-0.2, -0.15) is 0 Å². The number of anilines is 1. The minimum absolute atomic E-state index is 0.253. The summed E-state index contributed by atoms with van der Waals surface area (Å²) in [5.74, 6) is -0.844. The van der Waals surface area contributed by atoms with Gasteiger partial charge >= 0.3 is 5.97 Å². The molecule has 1 amide bonds. The van der Waals surface area contributed by atoms with Gasteiger partial charge in [0.25, 0.3) is 5.91 Å². The Morgan fingerprint density at radius 3 is 2.31 bits per heavy atom. The summed E-state index contributed by atoms with van der Waals surface area (Å²) in [6, 6.07) is 6.64. The molecule has 0 aliphatic carbocycles. The standard InChI is InChI=1S/C17H21N3O5S/c1-10-14(17(22)25-3)11(2)19-15(10)16(21)18-9-12-5-7-13(8-6-12)20-26(4,23)24/h5-8,19-20H,9H2,1-4H3,(H,18,21). The van der Waals surface area contributed by atoms with Crippen molar-refractivity contribution in [2.24, 2.45) is 0 Å². The van der Waals surface area contributed by atoms with E-state index in [1.807, 2.05) is 0 Å². The van der Waals surface area contributed by atoms with Crippen LogP contribution in [-0.2, 0) is 21.3 Å². The van der Waals surface area contributed by atoms with E-state index in [2.05, 4.69) is 15.0 Å². The number of hydrogen-bond donors (Lipinski definition) is 3. The number of aromatic amines is 1. The SMILES string of the molecule is COC(=O)c1c(C)[nH]c(C(=O)NCc2ccc(NS(C)(=O)=O)cc2)c1C. The molecule has 0 radical (unpaired) electrons. The Hall–Kier alpha value is -2.81. The largest absolute Gasteiger partial charge is 0.465 e. The summed E-state index contributed by atoms with van der Waals surface area (Å²) in [5, 5.41) is 2.76. The van der Waals surface area contributed by atoms with Gasteiger partial charge in [-0.1, -0.05) is 12.1 Å². The highest BCUT2D eigenvalue weighted by molar-refractivity contribution is 7.92. The van der Waals surface area contributed by atoms with Crippen molar-refractivity contribution in [3.05, 3.63) is 52.3 Å². The molecular weight excluding hydrogens is 358 g/mol. The van der Waals surface area contributed by atoms with Gasteiger partial charge in [-0.25, -0.2) is 13.2 Å². The molecule has 0 aliphatic rings. The quantitative estimate of drug-likeness (QED) is 0.661. The maximum Gasteiger partial charge on any atom is 0.339 e. The Bertz CT molecular complexity index is 930. The van der Waals surface area contributed by atoms with Gasteiger partial charge in [0, 0.05) is 17.9 Å². The zero-order valence-electron chi connectivity index (χ0n) is 15.0. The van der Waals surface area contributed by atoms with E-state index >= 15 is 0 Å². The van der Waals surface area contributed by atoms with E-state index in [1.54, 1.807) is 38.1 Å². The van der Waals surface area contributed by atoms with Crippen LogP contribution in [-0.4, -0.2) is 38.6 Å². The van der Waals surface area contributed by atoms with Gasteiger partial charge in [0.2, 0.25) is 10.0 Å². The summed E-state index contributed by atoms with van der Waals surface area (Å²) in [6.07, 6.45) is 1.07. The number of carbonyl (C=O) groups is 2. The Kier molecular flexibility index (Phi) is 5.71. The average Bonchev–Trinajstić information content (AvgIpc) is 2.86. The van der Waals surface area contributed by atoms with E-state index in [-0.39, 0.29) is 12.5 Å². The summed E-state index contributed by atoms with van der Waals surface area (Å²) in [6.45, 7) is 3.63. The molecule has 0 saturated carbocycles. The second-order valence-corrected chi connectivity index (χ2v) is 7.62. The van der Waals surface area contributed by atoms with Crippen LogP contribution >= 0.6 is 0 Å². The lowest BCUT2D eigenvalue weighted by Crippen LogP contribution is -2.24. The van der Waals surface area contributed by atoms with Crippen LogP contribution in [0.4, 0.5) is 5.69 Å². The number of hydrogen-bond acceptors (Lipinski definition) is 5. The summed E-state index contributed by atoms with van der Waals surface area (Å²) in [7, 11) is -2.04. The monoisotopic (exact) mass is 379 g/mol. The van der Waals surface area contributed by atoms with Crippen molar-refractivity contribution in [3.63, 3.8) is 0 Å². The first-order valence-electron chi connectivity index (χ1n) is 7.74. The first kappa shape index (κ1) is 19.5. The fourth-order valence-electron chi connectivity index (χ4n) is 2.56. The first-order valence-corrected chi connectivity index (χ1v) is 9.64. The van der Waals surface area contributed by atoms with Gasteiger partial charge in [-0.05, 0) is 37.1 Å². The number of ether oxygens (including phenoxy) is 1. The molecular formula is C17H21N3O5S. The number of benzene rings is 1. The van der Waals surface area contributed by atoms with Gasteiger partial charge in [-0.15, -0.1) is 0 Å². The lowest BCUT2D eigenvalue weighted by molar-refractivity contribution is 0.0599. The molecule has 1 aromatic heterocycles. The van der Waals surface area contributed by atoms with Gasteiger partial charge in [0.05, 0.1) is 18.9 Å². The molecule has 0 bridgehead atoms. The third-order valence-corrected chi connectivity index (χ3v) is 4.37. The van der Waals surface area contributed by atoms with Gasteiger partial charge in [-0.3, -0.25) is 9.52 Å². The highest BCUT2D eigenvalue weighted by Gasteiger charge is 2.22. The fraction of sp³-hybridized carbons (Fsp3) is 0.294. The average molecular weight is 379 g/mol. The molecule has 0 fully saturated rings. The maximum atomic E-state index is 12.4. The number of rotatable bonds is 6.